The van der Waals surface area contributed by atoms with Crippen molar-refractivity contribution in [1.29, 1.82) is 0 Å². The van der Waals surface area contributed by atoms with Crippen molar-refractivity contribution in [1.82, 2.24) is 5.32 Å². The first-order chi connectivity index (χ1) is 11.4. The Balaban J connectivity index is 1.98. The highest BCUT2D eigenvalue weighted by Crippen LogP contribution is 2.29. The fourth-order valence-electron chi connectivity index (χ4n) is 2.66. The minimum atomic E-state index is -0.840. The lowest BCUT2D eigenvalue weighted by Crippen LogP contribution is -2.27. The maximum atomic E-state index is 12.1. The van der Waals surface area contributed by atoms with E-state index in [0.29, 0.717) is 18.2 Å². The number of fused-ring (bicyclic) bond motifs is 1. The molecule has 1 aromatic carbocycles. The summed E-state index contributed by atoms with van der Waals surface area (Å²) >= 11 is 1.29. The Morgan fingerprint density at radius 3 is 2.75 bits per heavy atom. The van der Waals surface area contributed by atoms with Crippen LogP contribution in [0, 0.1) is 6.92 Å². The molecule has 0 spiro atoms. The normalized spacial score (nSPS) is 11.2. The predicted octanol–water partition coefficient (Wildman–Crippen LogP) is 3.34. The Morgan fingerprint density at radius 2 is 2.08 bits per heavy atom. The van der Waals surface area contributed by atoms with E-state index in [1.54, 1.807) is 6.26 Å². The molecule has 130 valence electrons. The van der Waals surface area contributed by atoms with Gasteiger partial charge in [-0.3, -0.25) is 9.59 Å². The molecular formula is C18H23NO4S. The Hall–Kier alpha value is -1.95. The topological polar surface area (TPSA) is 79.5 Å². The van der Waals surface area contributed by atoms with E-state index in [1.807, 2.05) is 6.07 Å². The summed E-state index contributed by atoms with van der Waals surface area (Å²) in [5.41, 5.74) is 4.13. The van der Waals surface area contributed by atoms with Crippen LogP contribution in [0.3, 0.4) is 0 Å². The van der Waals surface area contributed by atoms with E-state index < -0.39 is 5.97 Å². The van der Waals surface area contributed by atoms with Gasteiger partial charge in [0.05, 0.1) is 18.4 Å². The monoisotopic (exact) mass is 349 g/mol. The molecule has 0 unspecified atom stereocenters. The maximum Gasteiger partial charge on any atom is 0.313 e. The number of carboxylic acid groups (broad SMARTS) is 1. The SMILES string of the molecule is Cc1cc2occ(CC(=O)NCCSCC(=O)O)c2cc1C(C)C. The fourth-order valence-corrected chi connectivity index (χ4v) is 3.23. The number of rotatable bonds is 8. The van der Waals surface area contributed by atoms with Crippen molar-refractivity contribution in [2.45, 2.75) is 33.1 Å². The van der Waals surface area contributed by atoms with Gasteiger partial charge in [-0.2, -0.15) is 0 Å². The van der Waals surface area contributed by atoms with Crippen LogP contribution in [0.5, 0.6) is 0 Å². The van der Waals surface area contributed by atoms with Crippen LogP contribution in [-0.4, -0.2) is 35.0 Å². The molecule has 2 rings (SSSR count). The average Bonchev–Trinajstić information content (AvgIpc) is 2.87. The number of hydrogen-bond acceptors (Lipinski definition) is 4. The Kier molecular flexibility index (Phi) is 6.31. The van der Waals surface area contributed by atoms with E-state index in [9.17, 15) is 9.59 Å². The molecule has 5 nitrogen and oxygen atoms in total. The molecular weight excluding hydrogens is 326 g/mol. The van der Waals surface area contributed by atoms with Crippen molar-refractivity contribution >= 4 is 34.6 Å². The number of thioether (sulfide) groups is 1. The van der Waals surface area contributed by atoms with Crippen molar-refractivity contribution in [2.24, 2.45) is 0 Å². The van der Waals surface area contributed by atoms with Crippen molar-refractivity contribution in [3.05, 3.63) is 35.1 Å². The summed E-state index contributed by atoms with van der Waals surface area (Å²) in [5.74, 6) is 0.130. The number of carbonyl (C=O) groups is 2. The largest absolute Gasteiger partial charge is 0.481 e. The van der Waals surface area contributed by atoms with E-state index >= 15 is 0 Å². The molecule has 0 saturated heterocycles. The minimum absolute atomic E-state index is 0.0551. The van der Waals surface area contributed by atoms with Gasteiger partial charge in [-0.25, -0.2) is 0 Å². The third kappa shape index (κ3) is 4.77. The lowest BCUT2D eigenvalue weighted by atomic mass is 9.95. The number of hydrogen-bond donors (Lipinski definition) is 2. The van der Waals surface area contributed by atoms with Gasteiger partial charge in [-0.1, -0.05) is 13.8 Å². The van der Waals surface area contributed by atoms with E-state index in [4.69, 9.17) is 9.52 Å². The lowest BCUT2D eigenvalue weighted by Gasteiger charge is -2.10. The number of aryl methyl sites for hydroxylation is 1. The fraction of sp³-hybridized carbons (Fsp3) is 0.444. The van der Waals surface area contributed by atoms with Crippen LogP contribution >= 0.6 is 11.8 Å². The first-order valence-electron chi connectivity index (χ1n) is 7.95. The third-order valence-corrected chi connectivity index (χ3v) is 4.75. The number of aliphatic carboxylic acids is 1. The Labute approximate surface area is 145 Å². The first-order valence-corrected chi connectivity index (χ1v) is 9.10. The summed E-state index contributed by atoms with van der Waals surface area (Å²) in [4.78, 5) is 22.5. The van der Waals surface area contributed by atoms with Crippen LogP contribution in [0.2, 0.25) is 0 Å². The molecule has 0 atom stereocenters. The summed E-state index contributed by atoms with van der Waals surface area (Å²) in [7, 11) is 0. The second-order valence-electron chi connectivity index (χ2n) is 6.09. The van der Waals surface area contributed by atoms with Crippen molar-refractivity contribution in [3.63, 3.8) is 0 Å². The molecule has 0 fully saturated rings. The van der Waals surface area contributed by atoms with Gasteiger partial charge in [0.2, 0.25) is 5.91 Å². The smallest absolute Gasteiger partial charge is 0.313 e. The molecule has 0 aliphatic rings. The van der Waals surface area contributed by atoms with Gasteiger partial charge in [0.15, 0.2) is 0 Å². The molecule has 0 aliphatic heterocycles. The number of nitrogens with one attached hydrogen (secondary N) is 1. The highest BCUT2D eigenvalue weighted by molar-refractivity contribution is 7.99. The predicted molar refractivity (Wildman–Crippen MR) is 96.7 cm³/mol. The third-order valence-electron chi connectivity index (χ3n) is 3.81. The highest BCUT2D eigenvalue weighted by atomic mass is 32.2. The molecule has 0 saturated carbocycles. The quantitative estimate of drug-likeness (QED) is 0.715. The van der Waals surface area contributed by atoms with Crippen LogP contribution in [0.25, 0.3) is 11.0 Å². The van der Waals surface area contributed by atoms with E-state index in [0.717, 1.165) is 16.5 Å². The maximum absolute atomic E-state index is 12.1. The minimum Gasteiger partial charge on any atom is -0.481 e. The standard InChI is InChI=1S/C18H23NO4S/c1-11(2)14-8-15-13(9-23-16(15)6-12(14)3)7-17(20)19-4-5-24-10-18(21)22/h6,8-9,11H,4-5,7,10H2,1-3H3,(H,19,20)(H,21,22). The van der Waals surface area contributed by atoms with Crippen LogP contribution < -0.4 is 5.32 Å². The van der Waals surface area contributed by atoms with Gasteiger partial charge in [0, 0.05) is 23.2 Å². The summed E-state index contributed by atoms with van der Waals surface area (Å²) < 4.78 is 5.59. The zero-order chi connectivity index (χ0) is 17.7. The first kappa shape index (κ1) is 18.4. The number of furan rings is 1. The highest BCUT2D eigenvalue weighted by Gasteiger charge is 2.13. The average molecular weight is 349 g/mol. The van der Waals surface area contributed by atoms with Crippen molar-refractivity contribution in [3.8, 4) is 0 Å². The lowest BCUT2D eigenvalue weighted by molar-refractivity contribution is -0.133. The number of amides is 1. The summed E-state index contributed by atoms with van der Waals surface area (Å²) in [6.07, 6.45) is 1.91. The summed E-state index contributed by atoms with van der Waals surface area (Å²) in [6.45, 7) is 6.83. The van der Waals surface area contributed by atoms with Gasteiger partial charge in [0.1, 0.15) is 5.58 Å². The van der Waals surface area contributed by atoms with Crippen LogP contribution in [-0.2, 0) is 16.0 Å². The summed E-state index contributed by atoms with van der Waals surface area (Å²) in [5, 5.41) is 12.4. The van der Waals surface area contributed by atoms with Gasteiger partial charge < -0.3 is 14.8 Å². The Morgan fingerprint density at radius 1 is 1.33 bits per heavy atom. The van der Waals surface area contributed by atoms with Crippen molar-refractivity contribution in [2.75, 3.05) is 18.1 Å². The van der Waals surface area contributed by atoms with Crippen LogP contribution in [0.1, 0.15) is 36.5 Å². The van der Waals surface area contributed by atoms with E-state index in [-0.39, 0.29) is 18.1 Å². The molecule has 24 heavy (non-hydrogen) atoms. The molecule has 1 amide bonds. The van der Waals surface area contributed by atoms with E-state index in [1.165, 1.54) is 22.9 Å². The van der Waals surface area contributed by atoms with E-state index in [2.05, 4.69) is 32.2 Å². The number of benzene rings is 1. The second-order valence-corrected chi connectivity index (χ2v) is 7.20. The molecule has 2 aromatic rings. The zero-order valence-electron chi connectivity index (χ0n) is 14.2. The molecule has 1 heterocycles. The number of carboxylic acids is 1. The van der Waals surface area contributed by atoms with Gasteiger partial charge in [-0.15, -0.1) is 11.8 Å². The number of carbonyl (C=O) groups excluding carboxylic acids is 1. The molecule has 2 N–H and O–H groups in total. The zero-order valence-corrected chi connectivity index (χ0v) is 15.0. The second kappa shape index (κ2) is 8.24. The molecule has 0 radical (unpaired) electrons. The molecule has 0 aliphatic carbocycles. The van der Waals surface area contributed by atoms with Gasteiger partial charge in [0.25, 0.3) is 0 Å². The van der Waals surface area contributed by atoms with Gasteiger partial charge in [-0.05, 0) is 36.1 Å². The summed E-state index contributed by atoms with van der Waals surface area (Å²) in [6, 6.07) is 4.14. The van der Waals surface area contributed by atoms with Crippen LogP contribution in [0.15, 0.2) is 22.8 Å². The van der Waals surface area contributed by atoms with Crippen molar-refractivity contribution < 1.29 is 19.1 Å². The molecule has 1 aromatic heterocycles. The Bertz CT molecular complexity index is 736. The molecule has 0 bridgehead atoms. The molecule has 6 heteroatoms. The van der Waals surface area contributed by atoms with Gasteiger partial charge >= 0.3 is 5.97 Å². The van der Waals surface area contributed by atoms with Crippen LogP contribution in [0.4, 0.5) is 0 Å².